The molecule has 0 radical (unpaired) electrons. The molecular formula is C25H36O9. The van der Waals surface area contributed by atoms with Crippen LogP contribution in [0, 0.1) is 16.7 Å². The lowest BCUT2D eigenvalue weighted by molar-refractivity contribution is -0.363. The number of aliphatic hydroxyl groups is 3. The monoisotopic (exact) mass is 480 g/mol. The average molecular weight is 481 g/mol. The zero-order valence-electron chi connectivity index (χ0n) is 20.5. The van der Waals surface area contributed by atoms with Gasteiger partial charge in [-0.1, -0.05) is 33.4 Å². The molecule has 9 heteroatoms. The van der Waals surface area contributed by atoms with Crippen molar-refractivity contribution >= 4 is 17.5 Å². The van der Waals surface area contributed by atoms with E-state index in [1.54, 1.807) is 0 Å². The van der Waals surface area contributed by atoms with Crippen LogP contribution >= 0.6 is 0 Å². The molecule has 0 aromatic carbocycles. The minimum absolute atomic E-state index is 0.237. The van der Waals surface area contributed by atoms with Gasteiger partial charge >= 0.3 is 5.97 Å². The molecule has 190 valence electrons. The highest BCUT2D eigenvalue weighted by Crippen LogP contribution is 2.66. The molecule has 0 bridgehead atoms. The predicted molar refractivity (Wildman–Crippen MR) is 119 cm³/mol. The summed E-state index contributed by atoms with van der Waals surface area (Å²) >= 11 is 0. The summed E-state index contributed by atoms with van der Waals surface area (Å²) in [6.07, 6.45) is -1.90. The summed E-state index contributed by atoms with van der Waals surface area (Å²) in [5.74, 6) is -3.70. The van der Waals surface area contributed by atoms with Crippen molar-refractivity contribution in [1.82, 2.24) is 0 Å². The molecule has 34 heavy (non-hydrogen) atoms. The molecule has 0 aromatic heterocycles. The van der Waals surface area contributed by atoms with Crippen LogP contribution < -0.4 is 0 Å². The van der Waals surface area contributed by atoms with E-state index in [4.69, 9.17) is 14.2 Å². The maximum absolute atomic E-state index is 13.7. The predicted octanol–water partition coefficient (Wildman–Crippen LogP) is 0.858. The van der Waals surface area contributed by atoms with Gasteiger partial charge in [-0.2, -0.15) is 0 Å². The van der Waals surface area contributed by atoms with Crippen LogP contribution in [0.1, 0.15) is 60.3 Å². The third-order valence-corrected chi connectivity index (χ3v) is 9.19. The minimum atomic E-state index is -2.59. The Hall–Kier alpha value is -1.65. The van der Waals surface area contributed by atoms with Gasteiger partial charge in [0, 0.05) is 17.9 Å². The molecule has 0 aromatic rings. The molecular weight excluding hydrogens is 444 g/mol. The molecule has 0 spiro atoms. The molecule has 0 amide bonds. The Morgan fingerprint density at radius 1 is 1.12 bits per heavy atom. The Morgan fingerprint density at radius 3 is 2.32 bits per heavy atom. The molecule has 1 unspecified atom stereocenters. The van der Waals surface area contributed by atoms with Crippen molar-refractivity contribution in [2.75, 3.05) is 6.61 Å². The van der Waals surface area contributed by atoms with Gasteiger partial charge in [0.05, 0.1) is 6.10 Å². The summed E-state index contributed by atoms with van der Waals surface area (Å²) in [7, 11) is 0. The van der Waals surface area contributed by atoms with Crippen LogP contribution in [0.25, 0.3) is 0 Å². The molecule has 3 N–H and O–H groups in total. The summed E-state index contributed by atoms with van der Waals surface area (Å²) < 4.78 is 17.4. The third-order valence-electron chi connectivity index (χ3n) is 9.19. The summed E-state index contributed by atoms with van der Waals surface area (Å²) in [5.41, 5.74) is -8.87. The maximum atomic E-state index is 13.7. The molecule has 9 atom stereocenters. The van der Waals surface area contributed by atoms with Crippen LogP contribution in [-0.4, -0.2) is 80.7 Å². The zero-order valence-corrected chi connectivity index (χ0v) is 20.5. The lowest BCUT2D eigenvalue weighted by Gasteiger charge is -2.70. The van der Waals surface area contributed by atoms with Gasteiger partial charge in [-0.3, -0.25) is 9.59 Å². The fourth-order valence-corrected chi connectivity index (χ4v) is 7.20. The smallest absolute Gasteiger partial charge is 0.335 e. The standard InChI is InChI=1S/C25H36O9/c1-7-22(4)18(28)19(29)25(31)23(5)14(26)10-11-21(2,3)16(23)15(17(27)24(25,6)34-22)33-20(30)13-9-8-12-32-13/h7,13-17,26-27,31H,1,8-12H2,2-6H3/t13?,14-,15-,16-,17-,22-,23-,24+,25-/m0/s1. The van der Waals surface area contributed by atoms with Gasteiger partial charge < -0.3 is 29.5 Å². The summed E-state index contributed by atoms with van der Waals surface area (Å²) in [4.78, 5) is 39.8. The second-order valence-electron chi connectivity index (χ2n) is 11.5. The SMILES string of the molecule is C=C[C@]1(C)O[C@]2(C)[C@@H](O)[C@@H](OC(=O)C3CCCO3)[C@H]3C(C)(C)CC[C@H](O)[C@]3(C)[C@@]2(O)C(=O)C1=O. The van der Waals surface area contributed by atoms with Gasteiger partial charge in [0.2, 0.25) is 11.6 Å². The molecule has 2 aliphatic heterocycles. The Balaban J connectivity index is 1.92. The van der Waals surface area contributed by atoms with Gasteiger partial charge in [0.25, 0.3) is 0 Å². The number of esters is 1. The number of fused-ring (bicyclic) bond motifs is 3. The van der Waals surface area contributed by atoms with Crippen molar-refractivity contribution in [2.24, 2.45) is 16.7 Å². The number of ether oxygens (including phenoxy) is 3. The lowest BCUT2D eigenvalue weighted by atomic mass is 9.39. The van der Waals surface area contributed by atoms with Crippen LogP contribution in [0.5, 0.6) is 0 Å². The van der Waals surface area contributed by atoms with E-state index in [0.717, 1.165) is 6.08 Å². The maximum Gasteiger partial charge on any atom is 0.335 e. The van der Waals surface area contributed by atoms with E-state index in [1.807, 2.05) is 13.8 Å². The van der Waals surface area contributed by atoms with Crippen LogP contribution in [-0.2, 0) is 28.6 Å². The number of ketones is 2. The third kappa shape index (κ3) is 2.94. The van der Waals surface area contributed by atoms with Crippen molar-refractivity contribution in [1.29, 1.82) is 0 Å². The first-order valence-electron chi connectivity index (χ1n) is 12.0. The van der Waals surface area contributed by atoms with Gasteiger partial charge in [0.1, 0.15) is 17.8 Å². The van der Waals surface area contributed by atoms with Gasteiger partial charge in [-0.15, -0.1) is 0 Å². The van der Waals surface area contributed by atoms with E-state index < -0.39 is 75.5 Å². The highest BCUT2D eigenvalue weighted by Gasteiger charge is 2.82. The number of hydrogen-bond acceptors (Lipinski definition) is 9. The van der Waals surface area contributed by atoms with Crippen LogP contribution in [0.2, 0.25) is 0 Å². The molecule has 4 fully saturated rings. The zero-order chi connectivity index (χ0) is 25.5. The van der Waals surface area contributed by atoms with Gasteiger partial charge in [-0.05, 0) is 44.9 Å². The topological polar surface area (TPSA) is 140 Å². The van der Waals surface area contributed by atoms with E-state index in [2.05, 4.69) is 6.58 Å². The first kappa shape index (κ1) is 25.4. The van der Waals surface area contributed by atoms with Crippen molar-refractivity contribution in [3.63, 3.8) is 0 Å². The molecule has 4 aliphatic rings. The van der Waals surface area contributed by atoms with Crippen LogP contribution in [0.15, 0.2) is 12.7 Å². The number of hydrogen-bond donors (Lipinski definition) is 3. The normalized spacial score (nSPS) is 50.3. The second-order valence-corrected chi connectivity index (χ2v) is 11.5. The van der Waals surface area contributed by atoms with E-state index in [9.17, 15) is 29.7 Å². The van der Waals surface area contributed by atoms with Gasteiger partial charge in [-0.25, -0.2) is 4.79 Å². The first-order chi connectivity index (χ1) is 15.6. The molecule has 2 aliphatic carbocycles. The number of carbonyl (C=O) groups excluding carboxylic acids is 3. The quantitative estimate of drug-likeness (QED) is 0.305. The fourth-order valence-electron chi connectivity index (χ4n) is 7.20. The lowest BCUT2D eigenvalue weighted by Crippen LogP contribution is -2.88. The minimum Gasteiger partial charge on any atom is -0.457 e. The number of carbonyl (C=O) groups is 3. The van der Waals surface area contributed by atoms with Crippen LogP contribution in [0.4, 0.5) is 0 Å². The number of rotatable bonds is 3. The fraction of sp³-hybridized carbons (Fsp3) is 0.800. The Labute approximate surface area is 199 Å². The molecule has 2 heterocycles. The Kier molecular flexibility index (Phi) is 5.74. The van der Waals surface area contributed by atoms with E-state index in [1.165, 1.54) is 20.8 Å². The Morgan fingerprint density at radius 2 is 1.76 bits per heavy atom. The summed E-state index contributed by atoms with van der Waals surface area (Å²) in [5, 5.41) is 35.2. The van der Waals surface area contributed by atoms with Crippen molar-refractivity contribution in [3.8, 4) is 0 Å². The van der Waals surface area contributed by atoms with Crippen molar-refractivity contribution in [3.05, 3.63) is 12.7 Å². The second kappa shape index (κ2) is 7.67. The molecule has 2 saturated carbocycles. The largest absolute Gasteiger partial charge is 0.457 e. The molecule has 4 rings (SSSR count). The molecule has 9 nitrogen and oxygen atoms in total. The summed E-state index contributed by atoms with van der Waals surface area (Å²) in [6, 6.07) is 0. The van der Waals surface area contributed by atoms with Crippen LogP contribution in [0.3, 0.4) is 0 Å². The highest BCUT2D eigenvalue weighted by atomic mass is 16.6. The average Bonchev–Trinajstić information content (AvgIpc) is 3.32. The highest BCUT2D eigenvalue weighted by molar-refractivity contribution is 6.44. The number of Topliss-reactive ketones (excluding diaryl/α,β-unsaturated/α-hetero) is 2. The Bertz CT molecular complexity index is 923. The molecule has 2 saturated heterocycles. The van der Waals surface area contributed by atoms with Crippen molar-refractivity contribution < 1.29 is 43.9 Å². The summed E-state index contributed by atoms with van der Waals surface area (Å²) in [6.45, 7) is 11.9. The van der Waals surface area contributed by atoms with E-state index >= 15 is 0 Å². The first-order valence-corrected chi connectivity index (χ1v) is 12.0. The van der Waals surface area contributed by atoms with E-state index in [0.29, 0.717) is 25.9 Å². The number of aliphatic hydroxyl groups excluding tert-OH is 2. The van der Waals surface area contributed by atoms with Crippen molar-refractivity contribution in [2.45, 2.75) is 102 Å². The van der Waals surface area contributed by atoms with E-state index in [-0.39, 0.29) is 6.42 Å². The van der Waals surface area contributed by atoms with Gasteiger partial charge in [0.15, 0.2) is 17.3 Å².